The van der Waals surface area contributed by atoms with Gasteiger partial charge in [0.15, 0.2) is 5.78 Å². The summed E-state index contributed by atoms with van der Waals surface area (Å²) in [6, 6.07) is 5.01. The third-order valence-corrected chi connectivity index (χ3v) is 4.22. The van der Waals surface area contributed by atoms with E-state index in [1.165, 1.54) is 0 Å². The van der Waals surface area contributed by atoms with Gasteiger partial charge in [-0.25, -0.2) is 0 Å². The first-order chi connectivity index (χ1) is 9.10. The molecule has 2 rings (SSSR count). The Hall–Kier alpha value is -0.610. The lowest BCUT2D eigenvalue weighted by Crippen LogP contribution is -2.39. The van der Waals surface area contributed by atoms with Crippen LogP contribution >= 0.6 is 23.2 Å². The lowest BCUT2D eigenvalue weighted by molar-refractivity contribution is 0.0401. The lowest BCUT2D eigenvalue weighted by Gasteiger charge is -2.30. The zero-order valence-electron chi connectivity index (χ0n) is 10.9. The number of Topliss-reactive ketones (excluding diaryl/α,β-unsaturated/α-hetero) is 1. The second kappa shape index (κ2) is 6.71. The van der Waals surface area contributed by atoms with Crippen molar-refractivity contribution in [2.75, 3.05) is 26.7 Å². The Balaban J connectivity index is 1.92. The van der Waals surface area contributed by atoms with E-state index in [4.69, 9.17) is 27.9 Å². The van der Waals surface area contributed by atoms with Gasteiger partial charge in [-0.15, -0.1) is 0 Å². The molecule has 1 aliphatic rings. The van der Waals surface area contributed by atoms with E-state index in [2.05, 4.69) is 4.90 Å². The van der Waals surface area contributed by atoms with Crippen LogP contribution in [0.25, 0.3) is 0 Å². The topological polar surface area (TPSA) is 29.5 Å². The maximum atomic E-state index is 12.2. The molecule has 1 aromatic rings. The molecule has 0 atom stereocenters. The van der Waals surface area contributed by atoms with Gasteiger partial charge in [-0.3, -0.25) is 9.69 Å². The summed E-state index contributed by atoms with van der Waals surface area (Å²) < 4.78 is 5.31. The van der Waals surface area contributed by atoms with Crippen molar-refractivity contribution in [3.05, 3.63) is 33.8 Å². The van der Waals surface area contributed by atoms with Crippen molar-refractivity contribution in [2.45, 2.75) is 18.9 Å². The molecule has 0 spiro atoms. The number of carbonyl (C=O) groups excluding carboxylic acids is 1. The molecule has 3 nitrogen and oxygen atoms in total. The number of rotatable bonds is 4. The number of halogens is 2. The van der Waals surface area contributed by atoms with E-state index < -0.39 is 0 Å². The number of ether oxygens (including phenoxy) is 1. The molecule has 0 saturated carbocycles. The van der Waals surface area contributed by atoms with Crippen LogP contribution in [0.2, 0.25) is 10.0 Å². The molecular weight excluding hydrogens is 285 g/mol. The van der Waals surface area contributed by atoms with E-state index in [0.717, 1.165) is 25.9 Å². The van der Waals surface area contributed by atoms with Crippen LogP contribution in [0.15, 0.2) is 18.2 Å². The number of ketones is 1. The highest BCUT2D eigenvalue weighted by Crippen LogP contribution is 2.23. The van der Waals surface area contributed by atoms with Gasteiger partial charge >= 0.3 is 0 Å². The minimum atomic E-state index is 0.0782. The van der Waals surface area contributed by atoms with Crippen molar-refractivity contribution in [1.29, 1.82) is 0 Å². The Bertz CT molecular complexity index is 457. The fourth-order valence-corrected chi connectivity index (χ4v) is 2.57. The largest absolute Gasteiger partial charge is 0.381 e. The molecule has 1 fully saturated rings. The molecule has 104 valence electrons. The maximum absolute atomic E-state index is 12.2. The van der Waals surface area contributed by atoms with Crippen LogP contribution in [-0.2, 0) is 4.74 Å². The molecule has 5 heteroatoms. The fraction of sp³-hybridized carbons (Fsp3) is 0.500. The van der Waals surface area contributed by atoms with Crippen LogP contribution in [0.3, 0.4) is 0 Å². The average Bonchev–Trinajstić information content (AvgIpc) is 2.42. The number of carbonyl (C=O) groups is 1. The van der Waals surface area contributed by atoms with Crippen LogP contribution in [-0.4, -0.2) is 43.5 Å². The third-order valence-electron chi connectivity index (χ3n) is 3.48. The summed E-state index contributed by atoms with van der Waals surface area (Å²) in [6.45, 7) is 2.21. The summed E-state index contributed by atoms with van der Waals surface area (Å²) in [7, 11) is 1.74. The SMILES string of the molecule is COC1CCN(CC(=O)c2ccc(Cl)c(Cl)c2)CC1. The Morgan fingerprint density at radius 1 is 1.32 bits per heavy atom. The molecule has 0 N–H and O–H groups in total. The smallest absolute Gasteiger partial charge is 0.176 e. The summed E-state index contributed by atoms with van der Waals surface area (Å²) in [5, 5.41) is 0.893. The van der Waals surface area contributed by atoms with Crippen LogP contribution in [0, 0.1) is 0 Å². The van der Waals surface area contributed by atoms with Crippen LogP contribution < -0.4 is 0 Å². The van der Waals surface area contributed by atoms with Crippen molar-refractivity contribution in [2.24, 2.45) is 0 Å². The molecule has 0 aliphatic carbocycles. The number of nitrogens with zero attached hydrogens (tertiary/aromatic N) is 1. The maximum Gasteiger partial charge on any atom is 0.176 e. The molecule has 19 heavy (non-hydrogen) atoms. The van der Waals surface area contributed by atoms with Crippen molar-refractivity contribution >= 4 is 29.0 Å². The van der Waals surface area contributed by atoms with E-state index in [-0.39, 0.29) is 5.78 Å². The molecule has 1 aliphatic heterocycles. The average molecular weight is 302 g/mol. The quantitative estimate of drug-likeness (QED) is 0.799. The predicted molar refractivity (Wildman–Crippen MR) is 77.3 cm³/mol. The number of likely N-dealkylation sites (tertiary alicyclic amines) is 1. The van der Waals surface area contributed by atoms with E-state index >= 15 is 0 Å². The molecule has 0 aromatic heterocycles. The van der Waals surface area contributed by atoms with Gasteiger partial charge in [0.25, 0.3) is 0 Å². The highest BCUT2D eigenvalue weighted by Gasteiger charge is 2.21. The van der Waals surface area contributed by atoms with E-state index in [1.807, 2.05) is 0 Å². The molecular formula is C14H17Cl2NO2. The second-order valence-electron chi connectivity index (χ2n) is 4.76. The van der Waals surface area contributed by atoms with Crippen molar-refractivity contribution < 1.29 is 9.53 Å². The zero-order chi connectivity index (χ0) is 13.8. The Kier molecular flexibility index (Phi) is 5.22. The Labute approximate surface area is 123 Å². The van der Waals surface area contributed by atoms with Crippen molar-refractivity contribution in [3.63, 3.8) is 0 Å². The van der Waals surface area contributed by atoms with Gasteiger partial charge in [0.1, 0.15) is 0 Å². The van der Waals surface area contributed by atoms with Crippen LogP contribution in [0.1, 0.15) is 23.2 Å². The number of methoxy groups -OCH3 is 1. The number of hydrogen-bond acceptors (Lipinski definition) is 3. The normalized spacial score (nSPS) is 17.6. The monoisotopic (exact) mass is 301 g/mol. The zero-order valence-corrected chi connectivity index (χ0v) is 12.4. The first-order valence-electron chi connectivity index (χ1n) is 6.33. The van der Waals surface area contributed by atoms with Gasteiger partial charge in [0.05, 0.1) is 22.7 Å². The van der Waals surface area contributed by atoms with Gasteiger partial charge in [-0.2, -0.15) is 0 Å². The molecule has 1 aromatic carbocycles. The second-order valence-corrected chi connectivity index (χ2v) is 5.58. The van der Waals surface area contributed by atoms with Gasteiger partial charge < -0.3 is 4.74 Å². The minimum Gasteiger partial charge on any atom is -0.381 e. The van der Waals surface area contributed by atoms with Crippen LogP contribution in [0.5, 0.6) is 0 Å². The first-order valence-corrected chi connectivity index (χ1v) is 7.09. The predicted octanol–water partition coefficient (Wildman–Crippen LogP) is 3.29. The Morgan fingerprint density at radius 2 is 2.00 bits per heavy atom. The highest BCUT2D eigenvalue weighted by molar-refractivity contribution is 6.42. The van der Waals surface area contributed by atoms with E-state index in [9.17, 15) is 4.79 Å². The van der Waals surface area contributed by atoms with E-state index in [1.54, 1.807) is 25.3 Å². The van der Waals surface area contributed by atoms with Crippen molar-refractivity contribution in [1.82, 2.24) is 4.90 Å². The Morgan fingerprint density at radius 3 is 2.58 bits per heavy atom. The molecule has 0 amide bonds. The third kappa shape index (κ3) is 3.93. The molecule has 0 bridgehead atoms. The minimum absolute atomic E-state index is 0.0782. The summed E-state index contributed by atoms with van der Waals surface area (Å²) in [4.78, 5) is 14.3. The van der Waals surface area contributed by atoms with Gasteiger partial charge in [-0.1, -0.05) is 23.2 Å². The van der Waals surface area contributed by atoms with E-state index in [0.29, 0.717) is 28.3 Å². The fourth-order valence-electron chi connectivity index (χ4n) is 2.27. The molecule has 1 heterocycles. The summed E-state index contributed by atoms with van der Waals surface area (Å²) in [5.41, 5.74) is 0.614. The van der Waals surface area contributed by atoms with Gasteiger partial charge in [0, 0.05) is 25.8 Å². The number of hydrogen-bond donors (Lipinski definition) is 0. The number of piperidine rings is 1. The van der Waals surface area contributed by atoms with Gasteiger partial charge in [0.2, 0.25) is 0 Å². The summed E-state index contributed by atoms with van der Waals surface area (Å²) in [6.07, 6.45) is 2.28. The standard InChI is InChI=1S/C14H17Cl2NO2/c1-19-11-4-6-17(7-5-11)9-14(18)10-2-3-12(15)13(16)8-10/h2-3,8,11H,4-7,9H2,1H3. The molecule has 1 saturated heterocycles. The van der Waals surface area contributed by atoms with Crippen molar-refractivity contribution in [3.8, 4) is 0 Å². The van der Waals surface area contributed by atoms with Crippen LogP contribution in [0.4, 0.5) is 0 Å². The lowest BCUT2D eigenvalue weighted by atomic mass is 10.1. The molecule has 0 unspecified atom stereocenters. The highest BCUT2D eigenvalue weighted by atomic mass is 35.5. The van der Waals surface area contributed by atoms with Gasteiger partial charge in [-0.05, 0) is 31.0 Å². The summed E-state index contributed by atoms with van der Waals surface area (Å²) in [5.74, 6) is 0.0782. The first kappa shape index (κ1) is 14.8. The molecule has 0 radical (unpaired) electrons. The summed E-state index contributed by atoms with van der Waals surface area (Å²) >= 11 is 11.8. The number of benzene rings is 1.